The highest BCUT2D eigenvalue weighted by atomic mass is 35.5. The fourth-order valence-corrected chi connectivity index (χ4v) is 3.03. The Hall–Kier alpha value is -2.04. The smallest absolute Gasteiger partial charge is 0.303 e. The first-order valence-electron chi connectivity index (χ1n) is 7.31. The molecule has 2 aromatic rings. The van der Waals surface area contributed by atoms with E-state index in [0.29, 0.717) is 10.0 Å². The Balaban J connectivity index is 2.46. The van der Waals surface area contributed by atoms with Crippen LogP contribution in [0.3, 0.4) is 0 Å². The van der Waals surface area contributed by atoms with E-state index in [4.69, 9.17) is 23.2 Å². The van der Waals surface area contributed by atoms with Gasteiger partial charge in [-0.25, -0.2) is 0 Å². The van der Waals surface area contributed by atoms with E-state index in [1.54, 1.807) is 48.5 Å². The third-order valence-corrected chi connectivity index (χ3v) is 4.38. The van der Waals surface area contributed by atoms with Crippen molar-refractivity contribution < 1.29 is 19.8 Å². The van der Waals surface area contributed by atoms with Crippen LogP contribution in [0.4, 0.5) is 0 Å². The number of rotatable bonds is 7. The Morgan fingerprint density at radius 3 is 1.25 bits per heavy atom. The third kappa shape index (κ3) is 4.98. The van der Waals surface area contributed by atoms with Gasteiger partial charge in [0.15, 0.2) is 0 Å². The molecule has 2 rings (SSSR count). The van der Waals surface area contributed by atoms with Gasteiger partial charge in [-0.05, 0) is 35.4 Å². The normalized spacial score (nSPS) is 13.2. The standard InChI is InChI=1S/C18H16Cl2O4/c19-13-5-1-11(2-6-13)15(9-17(21)22)16(10-18(23)24)12-3-7-14(20)8-4-12/h1-8,15-16H,9-10H2,(H,21,22)(H,23,24)/t15-,16-/m0/s1. The summed E-state index contributed by atoms with van der Waals surface area (Å²) in [6.45, 7) is 0. The fraction of sp³-hybridized carbons (Fsp3) is 0.222. The predicted molar refractivity (Wildman–Crippen MR) is 92.9 cm³/mol. The molecular formula is C18H16Cl2O4. The lowest BCUT2D eigenvalue weighted by molar-refractivity contribution is -0.140. The van der Waals surface area contributed by atoms with Crippen LogP contribution in [0.15, 0.2) is 48.5 Å². The van der Waals surface area contributed by atoms with Crippen molar-refractivity contribution in [3.8, 4) is 0 Å². The summed E-state index contributed by atoms with van der Waals surface area (Å²) in [6.07, 6.45) is -0.357. The Morgan fingerprint density at radius 2 is 1.00 bits per heavy atom. The fourth-order valence-electron chi connectivity index (χ4n) is 2.78. The molecule has 0 aromatic heterocycles. The molecule has 0 unspecified atom stereocenters. The van der Waals surface area contributed by atoms with E-state index in [-0.39, 0.29) is 12.8 Å². The molecule has 0 spiro atoms. The minimum absolute atomic E-state index is 0.178. The molecule has 24 heavy (non-hydrogen) atoms. The van der Waals surface area contributed by atoms with Crippen molar-refractivity contribution in [3.63, 3.8) is 0 Å². The Morgan fingerprint density at radius 1 is 0.708 bits per heavy atom. The maximum absolute atomic E-state index is 11.3. The van der Waals surface area contributed by atoms with Gasteiger partial charge in [-0.15, -0.1) is 0 Å². The van der Waals surface area contributed by atoms with E-state index in [0.717, 1.165) is 11.1 Å². The van der Waals surface area contributed by atoms with Gasteiger partial charge in [0.2, 0.25) is 0 Å². The van der Waals surface area contributed by atoms with Gasteiger partial charge in [-0.3, -0.25) is 9.59 Å². The SMILES string of the molecule is O=C(O)C[C@@H](c1ccc(Cl)cc1)[C@@H](CC(=O)O)c1ccc(Cl)cc1. The molecule has 2 atom stereocenters. The number of hydrogen-bond donors (Lipinski definition) is 2. The summed E-state index contributed by atoms with van der Waals surface area (Å²) in [5, 5.41) is 19.6. The number of carboxylic acid groups (broad SMARTS) is 2. The van der Waals surface area contributed by atoms with Gasteiger partial charge in [0.05, 0.1) is 12.8 Å². The molecule has 6 heteroatoms. The molecule has 126 valence electrons. The van der Waals surface area contributed by atoms with Crippen molar-refractivity contribution >= 4 is 35.1 Å². The lowest BCUT2D eigenvalue weighted by Crippen LogP contribution is -2.18. The van der Waals surface area contributed by atoms with Crippen molar-refractivity contribution in [2.45, 2.75) is 24.7 Å². The minimum atomic E-state index is -0.987. The number of halogens is 2. The van der Waals surface area contributed by atoms with Gasteiger partial charge in [-0.1, -0.05) is 47.5 Å². The van der Waals surface area contributed by atoms with Gasteiger partial charge >= 0.3 is 11.9 Å². The van der Waals surface area contributed by atoms with Crippen LogP contribution < -0.4 is 0 Å². The quantitative estimate of drug-likeness (QED) is 0.737. The number of carbonyl (C=O) groups is 2. The molecule has 0 aliphatic rings. The molecule has 2 aromatic carbocycles. The number of aliphatic carboxylic acids is 2. The molecule has 2 N–H and O–H groups in total. The van der Waals surface area contributed by atoms with Crippen molar-refractivity contribution in [1.82, 2.24) is 0 Å². The van der Waals surface area contributed by atoms with E-state index in [1.807, 2.05) is 0 Å². The van der Waals surface area contributed by atoms with Gasteiger partial charge in [0.1, 0.15) is 0 Å². The zero-order valence-electron chi connectivity index (χ0n) is 12.7. The van der Waals surface area contributed by atoms with Crippen LogP contribution in [0.2, 0.25) is 10.0 Å². The van der Waals surface area contributed by atoms with E-state index < -0.39 is 23.8 Å². The molecule has 0 aliphatic heterocycles. The van der Waals surface area contributed by atoms with Gasteiger partial charge in [-0.2, -0.15) is 0 Å². The maximum atomic E-state index is 11.3. The van der Waals surface area contributed by atoms with Gasteiger partial charge in [0, 0.05) is 21.9 Å². The highest BCUT2D eigenvalue weighted by Crippen LogP contribution is 2.39. The highest BCUT2D eigenvalue weighted by Gasteiger charge is 2.29. The second-order valence-electron chi connectivity index (χ2n) is 5.51. The molecule has 0 aliphatic carbocycles. The molecule has 4 nitrogen and oxygen atoms in total. The molecule has 0 radical (unpaired) electrons. The second-order valence-corrected chi connectivity index (χ2v) is 6.38. The highest BCUT2D eigenvalue weighted by molar-refractivity contribution is 6.30. The third-order valence-electron chi connectivity index (χ3n) is 3.87. The molecule has 0 bridgehead atoms. The van der Waals surface area contributed by atoms with E-state index in [2.05, 4.69) is 0 Å². The molecule has 0 heterocycles. The Labute approximate surface area is 149 Å². The monoisotopic (exact) mass is 366 g/mol. The minimum Gasteiger partial charge on any atom is -0.481 e. The Kier molecular flexibility index (Phi) is 6.23. The van der Waals surface area contributed by atoms with E-state index >= 15 is 0 Å². The van der Waals surface area contributed by atoms with Crippen LogP contribution in [0.1, 0.15) is 35.8 Å². The summed E-state index contributed by atoms with van der Waals surface area (Å²) in [6, 6.07) is 13.6. The molecule has 0 saturated heterocycles. The van der Waals surface area contributed by atoms with E-state index in [1.165, 1.54) is 0 Å². The molecule has 0 amide bonds. The first-order valence-corrected chi connectivity index (χ1v) is 8.07. The number of benzene rings is 2. The molecule has 0 fully saturated rings. The topological polar surface area (TPSA) is 74.6 Å². The predicted octanol–water partition coefficient (Wildman–Crippen LogP) is 4.81. The van der Waals surface area contributed by atoms with Crippen molar-refractivity contribution in [2.24, 2.45) is 0 Å². The zero-order chi connectivity index (χ0) is 17.7. The van der Waals surface area contributed by atoms with E-state index in [9.17, 15) is 19.8 Å². The largest absolute Gasteiger partial charge is 0.481 e. The molecular weight excluding hydrogens is 351 g/mol. The summed E-state index contributed by atoms with van der Waals surface area (Å²) < 4.78 is 0. The average molecular weight is 367 g/mol. The first kappa shape index (κ1) is 18.3. The lowest BCUT2D eigenvalue weighted by Gasteiger charge is -2.26. The number of carboxylic acids is 2. The summed E-state index contributed by atoms with van der Waals surface area (Å²) in [5.41, 5.74) is 1.48. The molecule has 0 saturated carbocycles. The summed E-state index contributed by atoms with van der Waals surface area (Å²) >= 11 is 11.8. The average Bonchev–Trinajstić information content (AvgIpc) is 2.52. The van der Waals surface area contributed by atoms with Crippen LogP contribution in [0.25, 0.3) is 0 Å². The Bertz CT molecular complexity index is 647. The van der Waals surface area contributed by atoms with Crippen LogP contribution in [0, 0.1) is 0 Å². The lowest BCUT2D eigenvalue weighted by atomic mass is 9.77. The van der Waals surface area contributed by atoms with Crippen LogP contribution in [-0.4, -0.2) is 22.2 Å². The summed E-state index contributed by atoms with van der Waals surface area (Å²) in [4.78, 5) is 22.7. The summed E-state index contributed by atoms with van der Waals surface area (Å²) in [5.74, 6) is -2.95. The van der Waals surface area contributed by atoms with Crippen molar-refractivity contribution in [1.29, 1.82) is 0 Å². The maximum Gasteiger partial charge on any atom is 0.303 e. The number of hydrogen-bond acceptors (Lipinski definition) is 2. The van der Waals surface area contributed by atoms with Gasteiger partial charge in [0.25, 0.3) is 0 Å². The van der Waals surface area contributed by atoms with Crippen molar-refractivity contribution in [3.05, 3.63) is 69.7 Å². The van der Waals surface area contributed by atoms with Crippen LogP contribution in [0.5, 0.6) is 0 Å². The van der Waals surface area contributed by atoms with Gasteiger partial charge < -0.3 is 10.2 Å². The van der Waals surface area contributed by atoms with Crippen molar-refractivity contribution in [2.75, 3.05) is 0 Å². The summed E-state index contributed by atoms with van der Waals surface area (Å²) in [7, 11) is 0. The van der Waals surface area contributed by atoms with Crippen LogP contribution >= 0.6 is 23.2 Å². The van der Waals surface area contributed by atoms with Crippen LogP contribution in [-0.2, 0) is 9.59 Å². The first-order chi connectivity index (χ1) is 11.4. The zero-order valence-corrected chi connectivity index (χ0v) is 14.2. The second kappa shape index (κ2) is 8.18.